The molecule has 4 aromatic rings. The summed E-state index contributed by atoms with van der Waals surface area (Å²) in [6.07, 6.45) is 3.57. The number of aromatic nitrogens is 3. The first kappa shape index (κ1) is 10.5. The van der Waals surface area contributed by atoms with Gasteiger partial charge in [-0.3, -0.25) is 4.98 Å². The molecule has 0 aliphatic heterocycles. The smallest absolute Gasteiger partial charge is 0.279 e. The van der Waals surface area contributed by atoms with Gasteiger partial charge in [0.25, 0.3) is 5.19 Å². The lowest BCUT2D eigenvalue weighted by molar-refractivity contribution is 0.479. The maximum atomic E-state index is 5.77. The maximum Gasteiger partial charge on any atom is 0.279 e. The molecule has 0 saturated heterocycles. The Morgan fingerprint density at radius 1 is 1.11 bits per heavy atom. The van der Waals surface area contributed by atoms with Crippen LogP contribution >= 0.6 is 11.3 Å². The van der Waals surface area contributed by atoms with Gasteiger partial charge in [-0.1, -0.05) is 23.5 Å². The van der Waals surface area contributed by atoms with Gasteiger partial charge in [-0.15, -0.1) is 0 Å². The van der Waals surface area contributed by atoms with E-state index in [1.165, 1.54) is 11.3 Å². The lowest BCUT2D eigenvalue weighted by atomic mass is 10.3. The average Bonchev–Trinajstić information content (AvgIpc) is 3.03. The summed E-state index contributed by atoms with van der Waals surface area (Å²) in [5.41, 5.74) is 2.84. The number of fused-ring (bicyclic) bond motifs is 2. The molecule has 19 heavy (non-hydrogen) atoms. The van der Waals surface area contributed by atoms with Crippen molar-refractivity contribution >= 4 is 32.6 Å². The highest BCUT2D eigenvalue weighted by molar-refractivity contribution is 7.20. The Balaban J connectivity index is 1.72. The van der Waals surface area contributed by atoms with E-state index in [0.717, 1.165) is 21.3 Å². The average molecular weight is 267 g/mol. The highest BCUT2D eigenvalue weighted by Gasteiger charge is 2.06. The van der Waals surface area contributed by atoms with E-state index in [4.69, 9.17) is 4.74 Å². The molecule has 0 atom stereocenters. The van der Waals surface area contributed by atoms with Crippen LogP contribution in [0.1, 0.15) is 0 Å². The predicted octanol–water partition coefficient (Wildman–Crippen LogP) is 3.96. The van der Waals surface area contributed by atoms with Crippen LogP contribution in [0.4, 0.5) is 0 Å². The van der Waals surface area contributed by atoms with E-state index < -0.39 is 0 Å². The Morgan fingerprint density at radius 3 is 3.00 bits per heavy atom. The first-order chi connectivity index (χ1) is 9.38. The molecule has 0 amide bonds. The van der Waals surface area contributed by atoms with Gasteiger partial charge in [0, 0.05) is 12.3 Å². The third-order valence-electron chi connectivity index (χ3n) is 2.85. The lowest BCUT2D eigenvalue weighted by Gasteiger charge is -2.00. The van der Waals surface area contributed by atoms with Gasteiger partial charge in [-0.25, -0.2) is 4.98 Å². The van der Waals surface area contributed by atoms with Crippen LogP contribution in [0.15, 0.2) is 48.8 Å². The highest BCUT2D eigenvalue weighted by atomic mass is 32.1. The summed E-state index contributed by atoms with van der Waals surface area (Å²) in [6, 6.07) is 11.8. The summed E-state index contributed by atoms with van der Waals surface area (Å²) < 4.78 is 6.88. The Labute approximate surface area is 112 Å². The van der Waals surface area contributed by atoms with Crippen molar-refractivity contribution < 1.29 is 4.74 Å². The van der Waals surface area contributed by atoms with E-state index in [1.54, 1.807) is 6.20 Å². The molecule has 92 valence electrons. The number of H-pyrrole nitrogens is 1. The molecule has 3 heterocycles. The Kier molecular flexibility index (Phi) is 2.25. The van der Waals surface area contributed by atoms with E-state index in [-0.39, 0.29) is 0 Å². The van der Waals surface area contributed by atoms with Gasteiger partial charge in [0.2, 0.25) is 0 Å². The van der Waals surface area contributed by atoms with Crippen molar-refractivity contribution in [3.63, 3.8) is 0 Å². The number of hydrogen-bond acceptors (Lipinski definition) is 4. The largest absolute Gasteiger partial charge is 0.429 e. The monoisotopic (exact) mass is 267 g/mol. The minimum absolute atomic E-state index is 0.633. The molecule has 5 heteroatoms. The van der Waals surface area contributed by atoms with E-state index in [9.17, 15) is 0 Å². The summed E-state index contributed by atoms with van der Waals surface area (Å²) in [4.78, 5) is 11.9. The minimum atomic E-state index is 0.633. The quantitative estimate of drug-likeness (QED) is 0.598. The molecule has 0 unspecified atom stereocenters. The van der Waals surface area contributed by atoms with Crippen LogP contribution in [0, 0.1) is 0 Å². The number of nitrogens with one attached hydrogen (secondary N) is 1. The summed E-state index contributed by atoms with van der Waals surface area (Å²) in [5.74, 6) is 0.689. The second-order valence-electron chi connectivity index (χ2n) is 4.13. The summed E-state index contributed by atoms with van der Waals surface area (Å²) in [6.45, 7) is 0. The zero-order valence-corrected chi connectivity index (χ0v) is 10.6. The van der Waals surface area contributed by atoms with Crippen molar-refractivity contribution in [2.45, 2.75) is 0 Å². The molecule has 0 radical (unpaired) electrons. The Morgan fingerprint density at radius 2 is 2.05 bits per heavy atom. The number of nitrogens with zero attached hydrogens (tertiary/aromatic N) is 2. The molecular formula is C14H9N3OS. The van der Waals surface area contributed by atoms with Crippen molar-refractivity contribution in [1.82, 2.24) is 15.0 Å². The lowest BCUT2D eigenvalue weighted by Crippen LogP contribution is -1.84. The second-order valence-corrected chi connectivity index (χ2v) is 5.12. The molecule has 0 aliphatic rings. The van der Waals surface area contributed by atoms with Gasteiger partial charge in [0.1, 0.15) is 0 Å². The first-order valence-electron chi connectivity index (χ1n) is 5.85. The number of thiazole rings is 1. The van der Waals surface area contributed by atoms with Gasteiger partial charge in [-0.05, 0) is 18.2 Å². The fourth-order valence-corrected chi connectivity index (χ4v) is 2.80. The van der Waals surface area contributed by atoms with Crippen molar-refractivity contribution in [3.05, 3.63) is 48.8 Å². The third kappa shape index (κ3) is 1.84. The van der Waals surface area contributed by atoms with Crippen LogP contribution in [0.5, 0.6) is 10.9 Å². The van der Waals surface area contributed by atoms with Gasteiger partial charge < -0.3 is 9.72 Å². The zero-order valence-electron chi connectivity index (χ0n) is 9.83. The molecule has 1 aromatic carbocycles. The normalized spacial score (nSPS) is 11.2. The Hall–Kier alpha value is -2.40. The van der Waals surface area contributed by atoms with Gasteiger partial charge in [-0.2, -0.15) is 0 Å². The molecule has 0 bridgehead atoms. The fourth-order valence-electron chi connectivity index (χ4n) is 1.97. The molecule has 4 nitrogen and oxygen atoms in total. The molecule has 0 aliphatic carbocycles. The van der Waals surface area contributed by atoms with E-state index in [1.807, 2.05) is 42.6 Å². The molecule has 4 rings (SSSR count). The zero-order chi connectivity index (χ0) is 12.7. The number of ether oxygens (including phenoxy) is 1. The topological polar surface area (TPSA) is 50.8 Å². The van der Waals surface area contributed by atoms with Gasteiger partial charge in [0.05, 0.1) is 27.4 Å². The van der Waals surface area contributed by atoms with Gasteiger partial charge in [0.15, 0.2) is 5.75 Å². The number of aromatic amines is 1. The van der Waals surface area contributed by atoms with Crippen LogP contribution in [-0.4, -0.2) is 15.0 Å². The number of para-hydroxylation sites is 1. The van der Waals surface area contributed by atoms with Crippen molar-refractivity contribution in [1.29, 1.82) is 0 Å². The Bertz CT molecular complexity index is 832. The molecule has 0 fully saturated rings. The minimum Gasteiger partial charge on any atom is -0.429 e. The standard InChI is InChI=1S/C14H9N3OS/c1-2-4-13-11(3-1)17-14(19-13)18-9-7-12-10(16-8-9)5-6-15-12/h1-8,15H. The molecule has 1 N–H and O–H groups in total. The van der Waals surface area contributed by atoms with Crippen LogP contribution in [0.2, 0.25) is 0 Å². The number of rotatable bonds is 2. The summed E-state index contributed by atoms with van der Waals surface area (Å²) in [7, 11) is 0. The van der Waals surface area contributed by atoms with E-state index in [2.05, 4.69) is 15.0 Å². The highest BCUT2D eigenvalue weighted by Crippen LogP contribution is 2.31. The van der Waals surface area contributed by atoms with E-state index in [0.29, 0.717) is 10.9 Å². The molecule has 0 spiro atoms. The summed E-state index contributed by atoms with van der Waals surface area (Å²) in [5, 5.41) is 0.633. The van der Waals surface area contributed by atoms with Crippen LogP contribution < -0.4 is 4.74 Å². The summed E-state index contributed by atoms with van der Waals surface area (Å²) >= 11 is 1.53. The maximum absolute atomic E-state index is 5.77. The third-order valence-corrected chi connectivity index (χ3v) is 3.77. The number of pyridine rings is 1. The van der Waals surface area contributed by atoms with Crippen LogP contribution in [-0.2, 0) is 0 Å². The van der Waals surface area contributed by atoms with Gasteiger partial charge >= 0.3 is 0 Å². The number of benzene rings is 1. The predicted molar refractivity (Wildman–Crippen MR) is 75.8 cm³/mol. The molecular weight excluding hydrogens is 258 g/mol. The van der Waals surface area contributed by atoms with E-state index >= 15 is 0 Å². The SMILES string of the molecule is c1ccc2sc(Oc3cnc4cc[nH]c4c3)nc2c1. The van der Waals surface area contributed by atoms with Crippen molar-refractivity contribution in [2.24, 2.45) is 0 Å². The molecule has 0 saturated carbocycles. The molecule has 3 aromatic heterocycles. The van der Waals surface area contributed by atoms with Crippen molar-refractivity contribution in [2.75, 3.05) is 0 Å². The fraction of sp³-hybridized carbons (Fsp3) is 0. The second kappa shape index (κ2) is 4.07. The van der Waals surface area contributed by atoms with Crippen molar-refractivity contribution in [3.8, 4) is 10.9 Å². The number of hydrogen-bond donors (Lipinski definition) is 1. The van der Waals surface area contributed by atoms with Crippen LogP contribution in [0.3, 0.4) is 0 Å². The first-order valence-corrected chi connectivity index (χ1v) is 6.67. The van der Waals surface area contributed by atoms with Crippen LogP contribution in [0.25, 0.3) is 21.3 Å².